The normalized spacial score (nSPS) is 13.8. The topological polar surface area (TPSA) is 140 Å². The van der Waals surface area contributed by atoms with E-state index in [2.05, 4.69) is 92.8 Å². The van der Waals surface area contributed by atoms with Crippen molar-refractivity contribution >= 4 is 56.8 Å². The number of nitrogens with one attached hydrogen (secondary N) is 2. The van der Waals surface area contributed by atoms with Crippen molar-refractivity contribution in [3.05, 3.63) is 144 Å². The molecule has 2 aliphatic rings. The summed E-state index contributed by atoms with van der Waals surface area (Å²) in [5, 5.41) is 10.5. The third kappa shape index (κ3) is 14.1. The molecule has 13 nitrogen and oxygen atoms in total. The number of rotatable bonds is 18. The van der Waals surface area contributed by atoms with Crippen LogP contribution in [-0.4, -0.2) is 122 Å². The molecule has 2 aromatic heterocycles. The molecule has 4 amide bonds. The Morgan fingerprint density at radius 1 is 0.500 bits per heavy atom. The van der Waals surface area contributed by atoms with Crippen LogP contribution in [-0.2, 0) is 27.2 Å². The smallest absolute Gasteiger partial charge is 0.252 e. The Morgan fingerprint density at radius 2 is 0.926 bits per heavy atom. The van der Waals surface area contributed by atoms with Gasteiger partial charge in [0.1, 0.15) is 11.6 Å². The number of carbonyl (C=O) groups is 4. The van der Waals surface area contributed by atoms with Crippen molar-refractivity contribution in [1.29, 1.82) is 0 Å². The summed E-state index contributed by atoms with van der Waals surface area (Å²) < 4.78 is 5.52. The standard InChI is InChI=1S/C29H36N4O3.C26H30N4O2/c1-2-3-18-36-19-6-13-30-29(35)26-11-12-27(31-22-26)32-14-16-33(17-15-32)28(34)21-23-9-10-24-7-4-5-8-25(24)20-23;1-2-3-12-27-26(32)23-10-11-24(28-19-23)29-13-15-30(16-14-29)25(31)18-20-8-9-21-6-4-5-7-22(21)17-20/h4-5,7-12,20,22H,2-3,6,13-19,21H2,1H3,(H,30,35);4-11,17,19H,2-3,12-16,18H2,1H3,(H,27,32). The number of hydrogen-bond acceptors (Lipinski definition) is 9. The van der Waals surface area contributed by atoms with Gasteiger partial charge in [-0.25, -0.2) is 9.97 Å². The van der Waals surface area contributed by atoms with E-state index in [1.165, 1.54) is 10.8 Å². The van der Waals surface area contributed by atoms with Crippen LogP contribution < -0.4 is 20.4 Å². The number of hydrogen-bond donors (Lipinski definition) is 2. The molecule has 68 heavy (non-hydrogen) atoms. The van der Waals surface area contributed by atoms with Crippen LogP contribution in [0.5, 0.6) is 0 Å². The molecule has 2 aliphatic heterocycles. The van der Waals surface area contributed by atoms with Crippen LogP contribution >= 0.6 is 0 Å². The third-order valence-electron chi connectivity index (χ3n) is 12.5. The Labute approximate surface area is 400 Å². The van der Waals surface area contributed by atoms with Crippen molar-refractivity contribution in [2.24, 2.45) is 0 Å². The Balaban J connectivity index is 0.000000203. The summed E-state index contributed by atoms with van der Waals surface area (Å²) in [7, 11) is 0. The van der Waals surface area contributed by atoms with Crippen molar-refractivity contribution in [2.45, 2.75) is 58.8 Å². The van der Waals surface area contributed by atoms with E-state index in [1.54, 1.807) is 12.4 Å². The minimum atomic E-state index is -0.119. The summed E-state index contributed by atoms with van der Waals surface area (Å²) in [5.74, 6) is 1.79. The molecule has 0 atom stereocenters. The molecule has 2 saturated heterocycles. The van der Waals surface area contributed by atoms with E-state index in [9.17, 15) is 19.2 Å². The van der Waals surface area contributed by atoms with E-state index in [0.717, 1.165) is 98.4 Å². The maximum absolute atomic E-state index is 12.9. The molecule has 0 radical (unpaired) electrons. The van der Waals surface area contributed by atoms with Gasteiger partial charge in [-0.05, 0) is 76.2 Å². The lowest BCUT2D eigenvalue weighted by Crippen LogP contribution is -2.49. The zero-order valence-electron chi connectivity index (χ0n) is 39.7. The van der Waals surface area contributed by atoms with Crippen molar-refractivity contribution < 1.29 is 23.9 Å². The number of fused-ring (bicyclic) bond motifs is 2. The van der Waals surface area contributed by atoms with Gasteiger partial charge in [-0.2, -0.15) is 0 Å². The maximum atomic E-state index is 12.9. The van der Waals surface area contributed by atoms with Crippen molar-refractivity contribution in [3.63, 3.8) is 0 Å². The minimum Gasteiger partial charge on any atom is -0.381 e. The second kappa shape index (κ2) is 25.3. The number of carbonyl (C=O) groups excluding carboxylic acids is 4. The van der Waals surface area contributed by atoms with Crippen molar-refractivity contribution in [1.82, 2.24) is 30.4 Å². The molecule has 4 aromatic carbocycles. The van der Waals surface area contributed by atoms with Crippen LogP contribution in [0.4, 0.5) is 11.6 Å². The number of anilines is 2. The summed E-state index contributed by atoms with van der Waals surface area (Å²) in [5.41, 5.74) is 3.22. The average molecular weight is 919 g/mol. The average Bonchev–Trinajstić information content (AvgIpc) is 3.38. The quantitative estimate of drug-likeness (QED) is 0.0830. The molecule has 0 spiro atoms. The summed E-state index contributed by atoms with van der Waals surface area (Å²) in [4.78, 5) is 67.4. The zero-order valence-corrected chi connectivity index (χ0v) is 39.7. The molecule has 4 heterocycles. The van der Waals surface area contributed by atoms with Crippen LogP contribution in [0.2, 0.25) is 0 Å². The lowest BCUT2D eigenvalue weighted by atomic mass is 10.0. The number of ether oxygens (including phenoxy) is 1. The predicted molar refractivity (Wildman–Crippen MR) is 271 cm³/mol. The molecule has 0 saturated carbocycles. The lowest BCUT2D eigenvalue weighted by Gasteiger charge is -2.35. The van der Waals surface area contributed by atoms with Crippen LogP contribution in [0, 0.1) is 0 Å². The van der Waals surface area contributed by atoms with E-state index in [-0.39, 0.29) is 23.6 Å². The molecule has 6 aromatic rings. The van der Waals surface area contributed by atoms with Crippen LogP contribution in [0.1, 0.15) is 77.8 Å². The Kier molecular flexibility index (Phi) is 18.3. The molecule has 356 valence electrons. The zero-order chi connectivity index (χ0) is 47.5. The first kappa shape index (κ1) is 49.1. The summed E-state index contributed by atoms with van der Waals surface area (Å²) in [6, 6.07) is 36.3. The molecular weight excluding hydrogens is 853 g/mol. The van der Waals surface area contributed by atoms with Crippen molar-refractivity contribution in [3.8, 4) is 0 Å². The first-order chi connectivity index (χ1) is 33.3. The monoisotopic (exact) mass is 919 g/mol. The van der Waals surface area contributed by atoms with Gasteiger partial charge in [-0.1, -0.05) is 112 Å². The Hall–Kier alpha value is -6.86. The van der Waals surface area contributed by atoms with Crippen LogP contribution in [0.25, 0.3) is 21.5 Å². The number of nitrogens with zero attached hydrogens (tertiary/aromatic N) is 6. The third-order valence-corrected chi connectivity index (χ3v) is 12.5. The first-order valence-corrected chi connectivity index (χ1v) is 24.3. The van der Waals surface area contributed by atoms with Crippen LogP contribution in [0.15, 0.2) is 122 Å². The molecule has 2 fully saturated rings. The summed E-state index contributed by atoms with van der Waals surface area (Å²) in [6.07, 6.45) is 9.11. The maximum Gasteiger partial charge on any atom is 0.252 e. The van der Waals surface area contributed by atoms with E-state index >= 15 is 0 Å². The highest BCUT2D eigenvalue weighted by Crippen LogP contribution is 2.21. The SMILES string of the molecule is CCCCNC(=O)c1ccc(N2CCN(C(=O)Cc3ccc4ccccc4c3)CC2)nc1.CCCCOCCCNC(=O)c1ccc(N2CCN(C(=O)Cc3ccc4ccccc4c3)CC2)nc1. The number of unbranched alkanes of at least 4 members (excludes halogenated alkanes) is 2. The van der Waals surface area contributed by atoms with Gasteiger partial charge in [-0.3, -0.25) is 19.2 Å². The van der Waals surface area contributed by atoms with E-state index in [0.29, 0.717) is 69.8 Å². The van der Waals surface area contributed by atoms with E-state index < -0.39 is 0 Å². The highest BCUT2D eigenvalue weighted by atomic mass is 16.5. The predicted octanol–water partition coefficient (Wildman–Crippen LogP) is 7.72. The fourth-order valence-corrected chi connectivity index (χ4v) is 8.36. The van der Waals surface area contributed by atoms with Gasteiger partial charge in [0.2, 0.25) is 11.8 Å². The Morgan fingerprint density at radius 3 is 1.35 bits per heavy atom. The van der Waals surface area contributed by atoms with Crippen molar-refractivity contribution in [2.75, 3.05) is 88.5 Å². The highest BCUT2D eigenvalue weighted by molar-refractivity contribution is 5.94. The van der Waals surface area contributed by atoms with E-state index in [4.69, 9.17) is 4.74 Å². The summed E-state index contributed by atoms with van der Waals surface area (Å²) in [6.45, 7) is 12.5. The number of aromatic nitrogens is 2. The molecule has 8 rings (SSSR count). The molecule has 0 bridgehead atoms. The second-order valence-corrected chi connectivity index (χ2v) is 17.4. The van der Waals surface area contributed by atoms with Gasteiger partial charge >= 0.3 is 0 Å². The molecule has 13 heteroatoms. The first-order valence-electron chi connectivity index (χ1n) is 24.3. The number of pyridine rings is 2. The van der Waals surface area contributed by atoms with Gasteiger partial charge in [0, 0.05) is 91.1 Å². The largest absolute Gasteiger partial charge is 0.381 e. The fraction of sp³-hybridized carbons (Fsp3) is 0.382. The number of amides is 4. The van der Waals surface area contributed by atoms with Gasteiger partial charge in [0.15, 0.2) is 0 Å². The second-order valence-electron chi connectivity index (χ2n) is 17.4. The molecule has 0 aliphatic carbocycles. The minimum absolute atomic E-state index is 0.0818. The lowest BCUT2D eigenvalue weighted by molar-refractivity contribution is -0.131. The highest BCUT2D eigenvalue weighted by Gasteiger charge is 2.24. The molecule has 2 N–H and O–H groups in total. The molecular formula is C55H66N8O5. The Bertz CT molecular complexity index is 2570. The van der Waals surface area contributed by atoms with E-state index in [1.807, 2.05) is 70.5 Å². The number of piperazine rings is 2. The molecule has 0 unspecified atom stereocenters. The van der Waals surface area contributed by atoms with Gasteiger partial charge in [0.05, 0.1) is 24.0 Å². The van der Waals surface area contributed by atoms with Crippen LogP contribution in [0.3, 0.4) is 0 Å². The number of benzene rings is 4. The summed E-state index contributed by atoms with van der Waals surface area (Å²) >= 11 is 0. The van der Waals surface area contributed by atoms with Gasteiger partial charge < -0.3 is 35.0 Å². The van der Waals surface area contributed by atoms with Gasteiger partial charge in [-0.15, -0.1) is 0 Å². The fourth-order valence-electron chi connectivity index (χ4n) is 8.36. The van der Waals surface area contributed by atoms with Gasteiger partial charge in [0.25, 0.3) is 11.8 Å².